The molecular formula is C22H22FN3O3S. The van der Waals surface area contributed by atoms with Gasteiger partial charge in [-0.3, -0.25) is 4.79 Å². The number of aromatic nitrogens is 1. The van der Waals surface area contributed by atoms with Crippen molar-refractivity contribution in [1.29, 1.82) is 0 Å². The topological polar surface area (TPSA) is 71.4 Å². The second-order valence-electron chi connectivity index (χ2n) is 7.45. The Labute approximate surface area is 174 Å². The van der Waals surface area contributed by atoms with Gasteiger partial charge in [0.05, 0.1) is 10.4 Å². The highest BCUT2D eigenvalue weighted by molar-refractivity contribution is 7.90. The first-order chi connectivity index (χ1) is 14.3. The molecule has 1 aliphatic heterocycles. The number of amides is 1. The molecule has 0 fully saturated rings. The molecule has 8 heteroatoms. The van der Waals surface area contributed by atoms with Crippen molar-refractivity contribution in [1.82, 2.24) is 8.87 Å². The van der Waals surface area contributed by atoms with Crippen molar-refractivity contribution >= 4 is 38.1 Å². The normalized spacial score (nSPS) is 15.2. The molecule has 2 heterocycles. The number of rotatable bonds is 4. The highest BCUT2D eigenvalue weighted by Gasteiger charge is 2.23. The third-order valence-corrected chi connectivity index (χ3v) is 6.91. The molecule has 0 saturated carbocycles. The Hall–Kier alpha value is -2.97. The number of hydrogen-bond acceptors (Lipinski definition) is 4. The Bertz CT molecular complexity index is 1260. The number of benzene rings is 2. The summed E-state index contributed by atoms with van der Waals surface area (Å²) in [6, 6.07) is 10.1. The van der Waals surface area contributed by atoms with Gasteiger partial charge < -0.3 is 10.2 Å². The summed E-state index contributed by atoms with van der Waals surface area (Å²) in [5, 5.41) is 3.19. The smallest absolute Gasteiger partial charge is 0.268 e. The lowest BCUT2D eigenvalue weighted by Gasteiger charge is -2.21. The fourth-order valence-corrected chi connectivity index (χ4v) is 5.04. The molecule has 0 bridgehead atoms. The van der Waals surface area contributed by atoms with Crippen LogP contribution in [-0.2, 0) is 14.8 Å². The number of fused-ring (bicyclic) bond motifs is 1. The predicted molar refractivity (Wildman–Crippen MR) is 115 cm³/mol. The van der Waals surface area contributed by atoms with E-state index in [0.29, 0.717) is 16.6 Å². The zero-order valence-corrected chi connectivity index (χ0v) is 17.5. The second kappa shape index (κ2) is 7.70. The van der Waals surface area contributed by atoms with E-state index in [9.17, 15) is 17.6 Å². The Balaban J connectivity index is 1.83. The van der Waals surface area contributed by atoms with Crippen LogP contribution in [0.2, 0.25) is 0 Å². The number of halogens is 1. The Kier molecular flexibility index (Phi) is 5.21. The number of likely N-dealkylation sites (N-methyl/N-ethyl adjacent to an activating group) is 1. The molecule has 6 nitrogen and oxygen atoms in total. The lowest BCUT2D eigenvalue weighted by molar-refractivity contribution is -0.114. The van der Waals surface area contributed by atoms with E-state index in [4.69, 9.17) is 0 Å². The predicted octanol–water partition coefficient (Wildman–Crippen LogP) is 3.69. The number of nitrogens with one attached hydrogen (secondary N) is 1. The minimum Gasteiger partial charge on any atom is -0.326 e. The van der Waals surface area contributed by atoms with Gasteiger partial charge in [0.1, 0.15) is 5.82 Å². The molecule has 0 saturated heterocycles. The van der Waals surface area contributed by atoms with E-state index in [0.717, 1.165) is 30.6 Å². The molecule has 156 valence electrons. The maximum atomic E-state index is 14.0. The molecule has 1 aliphatic rings. The Morgan fingerprint density at radius 2 is 1.87 bits per heavy atom. The number of carbonyl (C=O) groups is 1. The SMILES string of the molecule is CC(=O)Nc1ccc(S(=O)(=O)n2cc(C3=CCN(C)CC3)c3cc(F)ccc32)cc1. The molecule has 0 spiro atoms. The van der Waals surface area contributed by atoms with Crippen molar-refractivity contribution in [2.24, 2.45) is 0 Å². The quantitative estimate of drug-likeness (QED) is 0.689. The van der Waals surface area contributed by atoms with Gasteiger partial charge in [-0.05, 0) is 61.5 Å². The first-order valence-electron chi connectivity index (χ1n) is 9.57. The summed E-state index contributed by atoms with van der Waals surface area (Å²) in [6.45, 7) is 2.99. The van der Waals surface area contributed by atoms with Crippen LogP contribution in [0.1, 0.15) is 18.9 Å². The fourth-order valence-electron chi connectivity index (χ4n) is 3.67. The largest absolute Gasteiger partial charge is 0.326 e. The monoisotopic (exact) mass is 427 g/mol. The summed E-state index contributed by atoms with van der Waals surface area (Å²) >= 11 is 0. The minimum atomic E-state index is -3.91. The number of hydrogen-bond donors (Lipinski definition) is 1. The maximum Gasteiger partial charge on any atom is 0.268 e. The fraction of sp³-hybridized carbons (Fsp3) is 0.227. The van der Waals surface area contributed by atoms with E-state index in [1.54, 1.807) is 18.3 Å². The average molecular weight is 428 g/mol. The number of carbonyl (C=O) groups excluding carboxylic acids is 1. The van der Waals surface area contributed by atoms with Crippen LogP contribution < -0.4 is 5.32 Å². The van der Waals surface area contributed by atoms with Gasteiger partial charge in [-0.25, -0.2) is 16.8 Å². The summed E-state index contributed by atoms with van der Waals surface area (Å²) in [5.41, 5.74) is 2.69. The van der Waals surface area contributed by atoms with Gasteiger partial charge in [0.15, 0.2) is 0 Å². The van der Waals surface area contributed by atoms with Crippen molar-refractivity contribution in [2.45, 2.75) is 18.2 Å². The third kappa shape index (κ3) is 3.76. The molecule has 0 radical (unpaired) electrons. The van der Waals surface area contributed by atoms with Crippen molar-refractivity contribution in [3.05, 3.63) is 66.1 Å². The van der Waals surface area contributed by atoms with E-state index >= 15 is 0 Å². The first-order valence-corrected chi connectivity index (χ1v) is 11.0. The van der Waals surface area contributed by atoms with Crippen LogP contribution >= 0.6 is 0 Å². The molecule has 1 N–H and O–H groups in total. The van der Waals surface area contributed by atoms with E-state index in [1.165, 1.54) is 41.2 Å². The number of anilines is 1. The van der Waals surface area contributed by atoms with Crippen LogP contribution in [0.15, 0.2) is 59.6 Å². The molecule has 0 aliphatic carbocycles. The van der Waals surface area contributed by atoms with Crippen LogP contribution in [0.4, 0.5) is 10.1 Å². The van der Waals surface area contributed by atoms with Crippen molar-refractivity contribution in [3.8, 4) is 0 Å². The molecule has 4 rings (SSSR count). The van der Waals surface area contributed by atoms with Gasteiger partial charge in [0, 0.05) is 42.8 Å². The van der Waals surface area contributed by atoms with E-state index in [1.807, 2.05) is 7.05 Å². The average Bonchev–Trinajstić information content (AvgIpc) is 3.08. The van der Waals surface area contributed by atoms with Gasteiger partial charge in [0.2, 0.25) is 5.91 Å². The first kappa shape index (κ1) is 20.3. The van der Waals surface area contributed by atoms with Gasteiger partial charge >= 0.3 is 0 Å². The van der Waals surface area contributed by atoms with Crippen LogP contribution in [0, 0.1) is 5.82 Å². The lowest BCUT2D eigenvalue weighted by atomic mass is 9.99. The summed E-state index contributed by atoms with van der Waals surface area (Å²) in [7, 11) is -1.89. The summed E-state index contributed by atoms with van der Waals surface area (Å²) in [6.07, 6.45) is 4.40. The Morgan fingerprint density at radius 1 is 1.13 bits per heavy atom. The van der Waals surface area contributed by atoms with Crippen LogP contribution in [0.3, 0.4) is 0 Å². The van der Waals surface area contributed by atoms with Crippen LogP contribution in [-0.4, -0.2) is 43.3 Å². The zero-order chi connectivity index (χ0) is 21.5. The molecule has 0 atom stereocenters. The molecule has 0 unspecified atom stereocenters. The highest BCUT2D eigenvalue weighted by Crippen LogP contribution is 2.33. The zero-order valence-electron chi connectivity index (χ0n) is 16.7. The molecule has 1 aromatic heterocycles. The van der Waals surface area contributed by atoms with Gasteiger partial charge in [-0.2, -0.15) is 0 Å². The van der Waals surface area contributed by atoms with Crippen molar-refractivity contribution in [2.75, 3.05) is 25.5 Å². The molecule has 30 heavy (non-hydrogen) atoms. The minimum absolute atomic E-state index is 0.0849. The summed E-state index contributed by atoms with van der Waals surface area (Å²) in [4.78, 5) is 13.4. The van der Waals surface area contributed by atoms with Gasteiger partial charge in [-0.15, -0.1) is 0 Å². The van der Waals surface area contributed by atoms with E-state index in [2.05, 4.69) is 16.3 Å². The number of nitrogens with zero attached hydrogens (tertiary/aromatic N) is 2. The van der Waals surface area contributed by atoms with Gasteiger partial charge in [-0.1, -0.05) is 6.08 Å². The Morgan fingerprint density at radius 3 is 2.50 bits per heavy atom. The summed E-state index contributed by atoms with van der Waals surface area (Å²) < 4.78 is 42.0. The summed E-state index contributed by atoms with van der Waals surface area (Å²) in [5.74, 6) is -0.646. The molecule has 2 aromatic carbocycles. The molecular weight excluding hydrogens is 405 g/mol. The molecule has 3 aromatic rings. The van der Waals surface area contributed by atoms with Crippen molar-refractivity contribution in [3.63, 3.8) is 0 Å². The highest BCUT2D eigenvalue weighted by atomic mass is 32.2. The maximum absolute atomic E-state index is 14.0. The standard InChI is InChI=1S/C22H22FN3O3S/c1-15(27)24-18-4-6-19(7-5-18)30(28,29)26-14-21(16-9-11-25(2)12-10-16)20-13-17(23)3-8-22(20)26/h3-9,13-14H,10-12H2,1-2H3,(H,24,27). The van der Waals surface area contributed by atoms with Gasteiger partial charge in [0.25, 0.3) is 10.0 Å². The van der Waals surface area contributed by atoms with E-state index < -0.39 is 15.8 Å². The van der Waals surface area contributed by atoms with Crippen molar-refractivity contribution < 1.29 is 17.6 Å². The molecule has 1 amide bonds. The van der Waals surface area contributed by atoms with Crippen LogP contribution in [0.25, 0.3) is 16.5 Å². The third-order valence-electron chi connectivity index (χ3n) is 5.22. The van der Waals surface area contributed by atoms with Crippen LogP contribution in [0.5, 0.6) is 0 Å². The lowest BCUT2D eigenvalue weighted by Crippen LogP contribution is -2.23. The second-order valence-corrected chi connectivity index (χ2v) is 9.27. The van der Waals surface area contributed by atoms with E-state index in [-0.39, 0.29) is 10.8 Å².